The molecule has 2 unspecified atom stereocenters. The van der Waals surface area contributed by atoms with Gasteiger partial charge in [-0.1, -0.05) is 6.07 Å². The van der Waals surface area contributed by atoms with Crippen LogP contribution in [0, 0.1) is 0 Å². The van der Waals surface area contributed by atoms with E-state index in [9.17, 15) is 4.79 Å². The van der Waals surface area contributed by atoms with Crippen LogP contribution in [0.2, 0.25) is 0 Å². The normalized spacial score (nSPS) is 23.4. The molecule has 0 spiro atoms. The van der Waals surface area contributed by atoms with Gasteiger partial charge in [0.25, 0.3) is 0 Å². The lowest BCUT2D eigenvalue weighted by atomic mass is 9.93. The average molecular weight is 267 g/mol. The quantitative estimate of drug-likeness (QED) is 0.869. The number of hydrogen-bond donors (Lipinski definition) is 2. The van der Waals surface area contributed by atoms with E-state index in [1.165, 1.54) is 4.88 Å². The topological polar surface area (TPSA) is 58.4 Å². The molecule has 1 aliphatic heterocycles. The van der Waals surface area contributed by atoms with Crippen molar-refractivity contribution < 1.29 is 4.79 Å². The molecular weight excluding hydrogens is 246 g/mol. The van der Waals surface area contributed by atoms with Crippen LogP contribution in [0.1, 0.15) is 31.7 Å². The first-order valence-electron chi connectivity index (χ1n) is 6.28. The highest BCUT2D eigenvalue weighted by molar-refractivity contribution is 7.10. The Balaban J connectivity index is 2.34. The summed E-state index contributed by atoms with van der Waals surface area (Å²) in [5, 5.41) is 4.98. The fourth-order valence-corrected chi connectivity index (χ4v) is 3.51. The summed E-state index contributed by atoms with van der Waals surface area (Å²) in [6, 6.07) is 4.23. The van der Waals surface area contributed by atoms with Crippen molar-refractivity contribution in [3.8, 4) is 0 Å². The van der Waals surface area contributed by atoms with Crippen LogP contribution in [0.4, 0.5) is 0 Å². The third-order valence-corrected chi connectivity index (χ3v) is 4.52. The maximum Gasteiger partial charge on any atom is 0.240 e. The van der Waals surface area contributed by atoms with E-state index in [1.807, 2.05) is 26.8 Å². The molecule has 2 heterocycles. The van der Waals surface area contributed by atoms with E-state index in [0.29, 0.717) is 6.54 Å². The molecule has 4 nitrogen and oxygen atoms in total. The van der Waals surface area contributed by atoms with Crippen LogP contribution in [-0.4, -0.2) is 35.5 Å². The van der Waals surface area contributed by atoms with Gasteiger partial charge in [0.2, 0.25) is 5.91 Å². The number of carbonyl (C=O) groups excluding carboxylic acids is 1. The Morgan fingerprint density at radius 1 is 1.56 bits per heavy atom. The van der Waals surface area contributed by atoms with Crippen molar-refractivity contribution in [3.05, 3.63) is 22.4 Å². The van der Waals surface area contributed by atoms with E-state index in [-0.39, 0.29) is 18.0 Å². The van der Waals surface area contributed by atoms with Gasteiger partial charge in [-0.2, -0.15) is 0 Å². The molecule has 0 saturated carbocycles. The van der Waals surface area contributed by atoms with Crippen molar-refractivity contribution in [1.29, 1.82) is 0 Å². The van der Waals surface area contributed by atoms with Crippen molar-refractivity contribution in [2.75, 3.05) is 13.1 Å². The molecule has 0 aromatic carbocycles. The summed E-state index contributed by atoms with van der Waals surface area (Å²) in [6.45, 7) is 7.46. The van der Waals surface area contributed by atoms with Crippen LogP contribution in [0.25, 0.3) is 0 Å². The summed E-state index contributed by atoms with van der Waals surface area (Å²) in [5.41, 5.74) is 5.65. The Morgan fingerprint density at radius 2 is 2.28 bits per heavy atom. The SMILES string of the molecule is CC(N)C(c1cccs1)N1CCNC(=O)C1(C)C. The summed E-state index contributed by atoms with van der Waals surface area (Å²) >= 11 is 1.70. The van der Waals surface area contributed by atoms with Crippen molar-refractivity contribution in [3.63, 3.8) is 0 Å². The van der Waals surface area contributed by atoms with Crippen molar-refractivity contribution in [1.82, 2.24) is 10.2 Å². The molecule has 5 heteroatoms. The van der Waals surface area contributed by atoms with Gasteiger partial charge in [-0.3, -0.25) is 9.69 Å². The standard InChI is InChI=1S/C13H21N3OS/c1-9(14)11(10-5-4-8-18-10)16-7-6-15-12(17)13(16,2)3/h4-5,8-9,11H,6-7,14H2,1-3H3,(H,15,17). The number of hydrogen-bond acceptors (Lipinski definition) is 4. The molecule has 1 aliphatic rings. The van der Waals surface area contributed by atoms with Crippen LogP contribution in [0.3, 0.4) is 0 Å². The molecule has 1 aromatic heterocycles. The van der Waals surface area contributed by atoms with Crippen LogP contribution < -0.4 is 11.1 Å². The zero-order valence-corrected chi connectivity index (χ0v) is 12.0. The lowest BCUT2D eigenvalue weighted by Crippen LogP contribution is -2.64. The maximum absolute atomic E-state index is 12.0. The summed E-state index contributed by atoms with van der Waals surface area (Å²) < 4.78 is 0. The first-order valence-corrected chi connectivity index (χ1v) is 7.16. The molecule has 2 atom stereocenters. The predicted molar refractivity (Wildman–Crippen MR) is 74.5 cm³/mol. The minimum Gasteiger partial charge on any atom is -0.353 e. The number of carbonyl (C=O) groups is 1. The summed E-state index contributed by atoms with van der Waals surface area (Å²) in [5.74, 6) is 0.0796. The van der Waals surface area contributed by atoms with Crippen molar-refractivity contribution in [2.24, 2.45) is 5.73 Å². The molecule has 0 bridgehead atoms. The second-order valence-corrected chi connectivity index (χ2v) is 6.31. The van der Waals surface area contributed by atoms with E-state index >= 15 is 0 Å². The number of nitrogens with two attached hydrogens (primary N) is 1. The number of nitrogens with one attached hydrogen (secondary N) is 1. The average Bonchev–Trinajstić information content (AvgIpc) is 2.78. The minimum absolute atomic E-state index is 0.00572. The smallest absolute Gasteiger partial charge is 0.240 e. The Kier molecular flexibility index (Phi) is 3.75. The highest BCUT2D eigenvalue weighted by Crippen LogP contribution is 2.34. The van der Waals surface area contributed by atoms with Gasteiger partial charge in [0.15, 0.2) is 0 Å². The molecule has 1 aromatic rings. The monoisotopic (exact) mass is 267 g/mol. The van der Waals surface area contributed by atoms with E-state index < -0.39 is 5.54 Å². The molecule has 1 fully saturated rings. The molecule has 0 aliphatic carbocycles. The number of amides is 1. The zero-order valence-electron chi connectivity index (χ0n) is 11.1. The van der Waals surface area contributed by atoms with Crippen LogP contribution in [0.5, 0.6) is 0 Å². The lowest BCUT2D eigenvalue weighted by Gasteiger charge is -2.46. The Bertz CT molecular complexity index is 414. The Labute approximate surface area is 112 Å². The maximum atomic E-state index is 12.0. The third kappa shape index (κ3) is 2.30. The summed E-state index contributed by atoms with van der Waals surface area (Å²) in [7, 11) is 0. The Morgan fingerprint density at radius 3 is 2.83 bits per heavy atom. The second kappa shape index (κ2) is 4.99. The van der Waals surface area contributed by atoms with Crippen molar-refractivity contribution >= 4 is 17.2 Å². The molecule has 0 radical (unpaired) electrons. The number of rotatable bonds is 3. The Hall–Kier alpha value is -0.910. The highest BCUT2D eigenvalue weighted by Gasteiger charge is 2.42. The van der Waals surface area contributed by atoms with Gasteiger partial charge in [-0.15, -0.1) is 11.3 Å². The first-order chi connectivity index (χ1) is 8.44. The van der Waals surface area contributed by atoms with Crippen LogP contribution >= 0.6 is 11.3 Å². The number of piperazine rings is 1. The van der Waals surface area contributed by atoms with Gasteiger partial charge >= 0.3 is 0 Å². The third-order valence-electron chi connectivity index (χ3n) is 3.58. The highest BCUT2D eigenvalue weighted by atomic mass is 32.1. The molecule has 2 rings (SSSR count). The molecule has 3 N–H and O–H groups in total. The van der Waals surface area contributed by atoms with Gasteiger partial charge < -0.3 is 11.1 Å². The van der Waals surface area contributed by atoms with Crippen LogP contribution in [-0.2, 0) is 4.79 Å². The molecule has 1 amide bonds. The van der Waals surface area contributed by atoms with Gasteiger partial charge in [-0.25, -0.2) is 0 Å². The largest absolute Gasteiger partial charge is 0.353 e. The van der Waals surface area contributed by atoms with E-state index in [2.05, 4.69) is 21.7 Å². The van der Waals surface area contributed by atoms with Gasteiger partial charge in [-0.05, 0) is 32.2 Å². The summed E-state index contributed by atoms with van der Waals surface area (Å²) in [4.78, 5) is 15.5. The second-order valence-electron chi connectivity index (χ2n) is 5.33. The number of nitrogens with zero attached hydrogens (tertiary/aromatic N) is 1. The zero-order chi connectivity index (χ0) is 13.3. The predicted octanol–water partition coefficient (Wildman–Crippen LogP) is 1.35. The first kappa shape index (κ1) is 13.5. The van der Waals surface area contributed by atoms with E-state index in [1.54, 1.807) is 11.3 Å². The van der Waals surface area contributed by atoms with Gasteiger partial charge in [0.05, 0.1) is 11.6 Å². The van der Waals surface area contributed by atoms with E-state index in [0.717, 1.165) is 6.54 Å². The summed E-state index contributed by atoms with van der Waals surface area (Å²) in [6.07, 6.45) is 0. The van der Waals surface area contributed by atoms with Gasteiger partial charge in [0, 0.05) is 24.0 Å². The fraction of sp³-hybridized carbons (Fsp3) is 0.615. The molecule has 1 saturated heterocycles. The molecule has 100 valence electrons. The van der Waals surface area contributed by atoms with Gasteiger partial charge in [0.1, 0.15) is 0 Å². The minimum atomic E-state index is -0.513. The molecule has 18 heavy (non-hydrogen) atoms. The molecular formula is C13H21N3OS. The van der Waals surface area contributed by atoms with E-state index in [4.69, 9.17) is 5.73 Å². The number of thiophene rings is 1. The van der Waals surface area contributed by atoms with Crippen LogP contribution in [0.15, 0.2) is 17.5 Å². The lowest BCUT2D eigenvalue weighted by molar-refractivity contribution is -0.137. The fourth-order valence-electron chi connectivity index (χ4n) is 2.56. The van der Waals surface area contributed by atoms with Crippen molar-refractivity contribution in [2.45, 2.75) is 38.4 Å².